The fraction of sp³-hybridized carbons (Fsp3) is 0.500. The van der Waals surface area contributed by atoms with Crippen molar-refractivity contribution in [3.63, 3.8) is 0 Å². The highest BCUT2D eigenvalue weighted by Crippen LogP contribution is 2.31. The first-order valence-corrected chi connectivity index (χ1v) is 8.92. The molecule has 0 unspecified atom stereocenters. The van der Waals surface area contributed by atoms with Gasteiger partial charge in [0.15, 0.2) is 0 Å². The minimum absolute atomic E-state index is 0.186. The van der Waals surface area contributed by atoms with Crippen molar-refractivity contribution < 1.29 is 9.53 Å². The predicted octanol–water partition coefficient (Wildman–Crippen LogP) is 3.54. The molecular weight excluding hydrogens is 314 g/mol. The average Bonchev–Trinajstić information content (AvgIpc) is 3.22. The van der Waals surface area contributed by atoms with Gasteiger partial charge in [-0.2, -0.15) is 5.10 Å². The number of ether oxygens (including phenoxy) is 1. The van der Waals surface area contributed by atoms with Crippen molar-refractivity contribution >= 4 is 5.91 Å². The molecule has 1 amide bonds. The fourth-order valence-electron chi connectivity index (χ4n) is 3.91. The van der Waals surface area contributed by atoms with E-state index in [9.17, 15) is 4.79 Å². The molecule has 0 radical (unpaired) electrons. The van der Waals surface area contributed by atoms with E-state index in [-0.39, 0.29) is 11.8 Å². The first-order chi connectivity index (χ1) is 12.0. The average molecular weight is 341 g/mol. The first kappa shape index (κ1) is 17.5. The molecule has 1 aromatic carbocycles. The first-order valence-electron chi connectivity index (χ1n) is 8.92. The quantitative estimate of drug-likeness (QED) is 0.905. The Labute approximate surface area is 149 Å². The number of aromatic nitrogens is 2. The smallest absolute Gasteiger partial charge is 0.223 e. The number of methoxy groups -OCH3 is 1. The molecule has 1 aromatic heterocycles. The zero-order valence-electron chi connectivity index (χ0n) is 15.5. The number of hydrogen-bond acceptors (Lipinski definition) is 3. The van der Waals surface area contributed by atoms with Gasteiger partial charge in [-0.1, -0.05) is 19.1 Å². The van der Waals surface area contributed by atoms with Crippen molar-refractivity contribution in [2.24, 2.45) is 0 Å². The summed E-state index contributed by atoms with van der Waals surface area (Å²) >= 11 is 0. The summed E-state index contributed by atoms with van der Waals surface area (Å²) in [6.07, 6.45) is 1.56. The fourth-order valence-corrected chi connectivity index (χ4v) is 3.91. The normalized spacial score (nSPS) is 18.4. The lowest BCUT2D eigenvalue weighted by molar-refractivity contribution is -0.130. The van der Waals surface area contributed by atoms with Crippen molar-refractivity contribution in [1.29, 1.82) is 0 Å². The second-order valence-corrected chi connectivity index (χ2v) is 7.05. The topological polar surface area (TPSA) is 58.2 Å². The molecule has 2 aromatic rings. The molecule has 1 aliphatic heterocycles. The summed E-state index contributed by atoms with van der Waals surface area (Å²) in [7, 11) is 1.68. The minimum Gasteiger partial charge on any atom is -0.497 e. The van der Waals surface area contributed by atoms with Crippen LogP contribution in [0.3, 0.4) is 0 Å². The van der Waals surface area contributed by atoms with Crippen molar-refractivity contribution in [3.05, 3.63) is 46.8 Å². The molecule has 5 heteroatoms. The molecule has 0 spiro atoms. The van der Waals surface area contributed by atoms with Crippen LogP contribution in [0.5, 0.6) is 5.75 Å². The number of amides is 1. The Balaban J connectivity index is 1.60. The maximum Gasteiger partial charge on any atom is 0.223 e. The SMILES string of the molecule is COc1ccc([C@@H]2CCN(C(=O)C[C@H](C)c3c(C)n[nH]c3C)C2)cc1. The maximum absolute atomic E-state index is 12.7. The van der Waals surface area contributed by atoms with E-state index in [1.54, 1.807) is 7.11 Å². The van der Waals surface area contributed by atoms with Crippen LogP contribution in [-0.2, 0) is 4.79 Å². The van der Waals surface area contributed by atoms with E-state index in [1.807, 2.05) is 30.9 Å². The summed E-state index contributed by atoms with van der Waals surface area (Å²) in [6, 6.07) is 8.20. The van der Waals surface area contributed by atoms with Crippen LogP contribution in [-0.4, -0.2) is 41.2 Å². The summed E-state index contributed by atoms with van der Waals surface area (Å²) in [6.45, 7) is 7.77. The van der Waals surface area contributed by atoms with Gasteiger partial charge < -0.3 is 9.64 Å². The van der Waals surface area contributed by atoms with Crippen molar-refractivity contribution in [1.82, 2.24) is 15.1 Å². The van der Waals surface area contributed by atoms with Gasteiger partial charge in [-0.25, -0.2) is 0 Å². The van der Waals surface area contributed by atoms with Gasteiger partial charge >= 0.3 is 0 Å². The Hall–Kier alpha value is -2.30. The largest absolute Gasteiger partial charge is 0.497 e. The van der Waals surface area contributed by atoms with Crippen LogP contribution in [0.4, 0.5) is 0 Å². The number of nitrogens with zero attached hydrogens (tertiary/aromatic N) is 2. The second kappa shape index (κ2) is 7.30. The molecule has 2 atom stereocenters. The Kier molecular flexibility index (Phi) is 5.11. The molecule has 2 heterocycles. The molecule has 1 saturated heterocycles. The number of aromatic amines is 1. The predicted molar refractivity (Wildman–Crippen MR) is 98.0 cm³/mol. The van der Waals surface area contributed by atoms with Crippen LogP contribution < -0.4 is 4.74 Å². The monoisotopic (exact) mass is 341 g/mol. The lowest BCUT2D eigenvalue weighted by Gasteiger charge is -2.20. The number of rotatable bonds is 5. The van der Waals surface area contributed by atoms with E-state index < -0.39 is 0 Å². The molecule has 0 aliphatic carbocycles. The van der Waals surface area contributed by atoms with Gasteiger partial charge in [0, 0.05) is 31.1 Å². The van der Waals surface area contributed by atoms with Crippen molar-refractivity contribution in [2.45, 2.75) is 45.4 Å². The van der Waals surface area contributed by atoms with Gasteiger partial charge in [0.2, 0.25) is 5.91 Å². The Bertz CT molecular complexity index is 716. The molecule has 134 valence electrons. The maximum atomic E-state index is 12.7. The zero-order valence-corrected chi connectivity index (χ0v) is 15.5. The number of aryl methyl sites for hydroxylation is 2. The van der Waals surface area contributed by atoms with E-state index in [1.165, 1.54) is 11.1 Å². The van der Waals surface area contributed by atoms with Gasteiger partial charge in [-0.05, 0) is 49.4 Å². The highest BCUT2D eigenvalue weighted by molar-refractivity contribution is 5.77. The van der Waals surface area contributed by atoms with Crippen LogP contribution in [0.25, 0.3) is 0 Å². The zero-order chi connectivity index (χ0) is 18.0. The number of hydrogen-bond donors (Lipinski definition) is 1. The van der Waals surface area contributed by atoms with Gasteiger partial charge in [0.1, 0.15) is 5.75 Å². The highest BCUT2D eigenvalue weighted by Gasteiger charge is 2.29. The van der Waals surface area contributed by atoms with Crippen molar-refractivity contribution in [2.75, 3.05) is 20.2 Å². The molecule has 25 heavy (non-hydrogen) atoms. The van der Waals surface area contributed by atoms with Gasteiger partial charge in [-0.3, -0.25) is 9.89 Å². The Morgan fingerprint density at radius 3 is 2.68 bits per heavy atom. The molecule has 3 rings (SSSR count). The molecule has 0 saturated carbocycles. The molecule has 1 aliphatic rings. The molecule has 5 nitrogen and oxygen atoms in total. The number of benzene rings is 1. The summed E-state index contributed by atoms with van der Waals surface area (Å²) < 4.78 is 5.22. The molecular formula is C20H27N3O2. The number of carbonyl (C=O) groups is 1. The third-order valence-corrected chi connectivity index (χ3v) is 5.29. The van der Waals surface area contributed by atoms with Crippen LogP contribution in [0.2, 0.25) is 0 Å². The summed E-state index contributed by atoms with van der Waals surface area (Å²) in [5.74, 6) is 1.71. The van der Waals surface area contributed by atoms with E-state index in [0.29, 0.717) is 12.3 Å². The number of H-pyrrole nitrogens is 1. The summed E-state index contributed by atoms with van der Waals surface area (Å²) in [5, 5.41) is 7.26. The third-order valence-electron chi connectivity index (χ3n) is 5.29. The van der Waals surface area contributed by atoms with E-state index in [2.05, 4.69) is 29.3 Å². The third kappa shape index (κ3) is 3.70. The Morgan fingerprint density at radius 2 is 2.08 bits per heavy atom. The van der Waals surface area contributed by atoms with Gasteiger partial charge in [0.05, 0.1) is 12.8 Å². The minimum atomic E-state index is 0.186. The van der Waals surface area contributed by atoms with Crippen LogP contribution in [0.15, 0.2) is 24.3 Å². The highest BCUT2D eigenvalue weighted by atomic mass is 16.5. The van der Waals surface area contributed by atoms with Crippen LogP contribution in [0.1, 0.15) is 54.1 Å². The molecule has 1 fully saturated rings. The van der Waals surface area contributed by atoms with Crippen LogP contribution >= 0.6 is 0 Å². The Morgan fingerprint density at radius 1 is 1.36 bits per heavy atom. The number of carbonyl (C=O) groups excluding carboxylic acids is 1. The number of nitrogens with one attached hydrogen (secondary N) is 1. The second-order valence-electron chi connectivity index (χ2n) is 7.05. The van der Waals surface area contributed by atoms with E-state index in [4.69, 9.17) is 4.74 Å². The molecule has 1 N–H and O–H groups in total. The lowest BCUT2D eigenvalue weighted by atomic mass is 9.95. The lowest BCUT2D eigenvalue weighted by Crippen LogP contribution is -2.29. The van der Waals surface area contributed by atoms with E-state index >= 15 is 0 Å². The molecule has 0 bridgehead atoms. The van der Waals surface area contributed by atoms with Crippen molar-refractivity contribution in [3.8, 4) is 5.75 Å². The number of likely N-dealkylation sites (tertiary alicyclic amines) is 1. The van der Waals surface area contributed by atoms with E-state index in [0.717, 1.165) is 36.6 Å². The van der Waals surface area contributed by atoms with Crippen LogP contribution in [0, 0.1) is 13.8 Å². The standard InChI is InChI=1S/C20H27N3O2/c1-13(20-14(2)21-22-15(20)3)11-19(24)23-10-9-17(12-23)16-5-7-18(25-4)8-6-16/h5-8,13,17H,9-12H2,1-4H3,(H,21,22)/t13-,17+/m0/s1. The summed E-state index contributed by atoms with van der Waals surface area (Å²) in [4.78, 5) is 14.7. The van der Waals surface area contributed by atoms with Gasteiger partial charge in [-0.15, -0.1) is 0 Å². The van der Waals surface area contributed by atoms with Gasteiger partial charge in [0.25, 0.3) is 0 Å². The summed E-state index contributed by atoms with van der Waals surface area (Å²) in [5.41, 5.74) is 4.52.